The van der Waals surface area contributed by atoms with E-state index in [0.29, 0.717) is 15.0 Å². The summed E-state index contributed by atoms with van der Waals surface area (Å²) in [6.07, 6.45) is 0. The fraction of sp³-hybridized carbons (Fsp3) is 0.167. The van der Waals surface area contributed by atoms with Crippen LogP contribution in [0.4, 0.5) is 5.82 Å². The number of hydrogen-bond acceptors (Lipinski definition) is 5. The number of thiophene rings is 1. The molecule has 1 N–H and O–H groups in total. The second kappa shape index (κ2) is 6.50. The summed E-state index contributed by atoms with van der Waals surface area (Å²) in [7, 11) is 0. The van der Waals surface area contributed by atoms with Gasteiger partial charge in [0.25, 0.3) is 5.91 Å². The standard InChI is InChI=1S/C18H15ClN4OS2/c1-9-6-12-14(7-10(9)2)26-18(20-12)23-16(8-11(3)22-23)21-17(24)13-4-5-15(19)25-13/h4-8H,1-3H3,(H,21,24). The van der Waals surface area contributed by atoms with Crippen LogP contribution < -0.4 is 5.32 Å². The summed E-state index contributed by atoms with van der Waals surface area (Å²) in [5.74, 6) is 0.375. The average molecular weight is 403 g/mol. The summed E-state index contributed by atoms with van der Waals surface area (Å²) in [5, 5.41) is 8.13. The molecule has 3 heterocycles. The van der Waals surface area contributed by atoms with Crippen molar-refractivity contribution in [2.75, 3.05) is 5.32 Å². The third-order valence-corrected chi connectivity index (χ3v) is 6.27. The Morgan fingerprint density at radius 1 is 1.12 bits per heavy atom. The van der Waals surface area contributed by atoms with Crippen LogP contribution >= 0.6 is 34.3 Å². The third kappa shape index (κ3) is 3.13. The van der Waals surface area contributed by atoms with E-state index < -0.39 is 0 Å². The number of nitrogens with zero attached hydrogens (tertiary/aromatic N) is 3. The predicted octanol–water partition coefficient (Wildman–Crippen LogP) is 5.37. The van der Waals surface area contributed by atoms with Crippen LogP contribution in [-0.4, -0.2) is 20.7 Å². The minimum absolute atomic E-state index is 0.212. The summed E-state index contributed by atoms with van der Waals surface area (Å²) in [6, 6.07) is 9.46. The Balaban J connectivity index is 1.72. The monoisotopic (exact) mass is 402 g/mol. The number of amides is 1. The van der Waals surface area contributed by atoms with E-state index in [1.165, 1.54) is 22.5 Å². The van der Waals surface area contributed by atoms with Crippen LogP contribution in [0, 0.1) is 20.8 Å². The molecule has 1 aromatic carbocycles. The van der Waals surface area contributed by atoms with Crippen molar-refractivity contribution < 1.29 is 4.79 Å². The second-order valence-corrected chi connectivity index (χ2v) is 8.77. The van der Waals surface area contributed by atoms with Gasteiger partial charge in [0.15, 0.2) is 0 Å². The molecule has 26 heavy (non-hydrogen) atoms. The average Bonchev–Trinajstić information content (AvgIpc) is 3.27. The van der Waals surface area contributed by atoms with Gasteiger partial charge in [0, 0.05) is 6.07 Å². The number of aromatic nitrogens is 3. The lowest BCUT2D eigenvalue weighted by molar-refractivity contribution is 0.103. The maximum absolute atomic E-state index is 12.5. The SMILES string of the molecule is Cc1cc(NC(=O)c2ccc(Cl)s2)n(-c2nc3cc(C)c(C)cc3s2)n1. The lowest BCUT2D eigenvalue weighted by atomic mass is 10.1. The zero-order chi connectivity index (χ0) is 18.4. The molecule has 0 aliphatic carbocycles. The molecule has 0 spiro atoms. The van der Waals surface area contributed by atoms with E-state index in [1.54, 1.807) is 28.2 Å². The van der Waals surface area contributed by atoms with E-state index in [-0.39, 0.29) is 5.91 Å². The molecule has 3 aromatic heterocycles. The predicted molar refractivity (Wildman–Crippen MR) is 108 cm³/mol. The summed E-state index contributed by atoms with van der Waals surface area (Å²) < 4.78 is 3.35. The molecule has 132 valence electrons. The molecule has 0 unspecified atom stereocenters. The Bertz CT molecular complexity index is 1100. The van der Waals surface area contributed by atoms with Crippen molar-refractivity contribution in [2.24, 2.45) is 0 Å². The highest BCUT2D eigenvalue weighted by atomic mass is 35.5. The zero-order valence-electron chi connectivity index (χ0n) is 14.3. The maximum atomic E-state index is 12.5. The molecule has 0 saturated heterocycles. The Morgan fingerprint density at radius 3 is 2.62 bits per heavy atom. The van der Waals surface area contributed by atoms with Crippen LogP contribution in [0.5, 0.6) is 0 Å². The molecule has 0 aliphatic rings. The number of anilines is 1. The molecular weight excluding hydrogens is 388 g/mol. The largest absolute Gasteiger partial charge is 0.306 e. The number of halogens is 1. The van der Waals surface area contributed by atoms with Gasteiger partial charge in [-0.2, -0.15) is 9.78 Å². The zero-order valence-corrected chi connectivity index (χ0v) is 16.7. The van der Waals surface area contributed by atoms with E-state index >= 15 is 0 Å². The highest BCUT2D eigenvalue weighted by Crippen LogP contribution is 2.30. The van der Waals surface area contributed by atoms with Gasteiger partial charge in [-0.1, -0.05) is 22.9 Å². The number of hydrogen-bond donors (Lipinski definition) is 1. The number of thiazole rings is 1. The molecule has 4 aromatic rings. The van der Waals surface area contributed by atoms with Gasteiger partial charge >= 0.3 is 0 Å². The third-order valence-electron chi connectivity index (χ3n) is 4.04. The number of aryl methyl sites for hydroxylation is 3. The van der Waals surface area contributed by atoms with Crippen molar-refractivity contribution in [2.45, 2.75) is 20.8 Å². The fourth-order valence-corrected chi connectivity index (χ4v) is 4.56. The Morgan fingerprint density at radius 2 is 1.88 bits per heavy atom. The van der Waals surface area contributed by atoms with Crippen molar-refractivity contribution in [3.05, 3.63) is 56.4 Å². The molecule has 0 radical (unpaired) electrons. The topological polar surface area (TPSA) is 59.8 Å². The molecule has 8 heteroatoms. The van der Waals surface area contributed by atoms with Crippen molar-refractivity contribution in [1.82, 2.24) is 14.8 Å². The molecule has 0 aliphatic heterocycles. The minimum Gasteiger partial charge on any atom is -0.306 e. The Hall–Kier alpha value is -2.22. The normalized spacial score (nSPS) is 11.2. The lowest BCUT2D eigenvalue weighted by Crippen LogP contribution is -2.13. The van der Waals surface area contributed by atoms with E-state index in [0.717, 1.165) is 21.0 Å². The van der Waals surface area contributed by atoms with Crippen LogP contribution in [0.25, 0.3) is 15.3 Å². The highest BCUT2D eigenvalue weighted by Gasteiger charge is 2.16. The van der Waals surface area contributed by atoms with Crippen molar-refractivity contribution in [3.8, 4) is 5.13 Å². The summed E-state index contributed by atoms with van der Waals surface area (Å²) in [4.78, 5) is 17.7. The first-order valence-electron chi connectivity index (χ1n) is 7.92. The summed E-state index contributed by atoms with van der Waals surface area (Å²) >= 11 is 8.71. The van der Waals surface area contributed by atoms with Crippen molar-refractivity contribution in [1.29, 1.82) is 0 Å². The van der Waals surface area contributed by atoms with Gasteiger partial charge in [-0.3, -0.25) is 4.79 Å². The minimum atomic E-state index is -0.212. The van der Waals surface area contributed by atoms with Crippen molar-refractivity contribution in [3.63, 3.8) is 0 Å². The molecule has 0 atom stereocenters. The Labute approximate surface area is 163 Å². The molecular formula is C18H15ClN4OS2. The van der Waals surface area contributed by atoms with Gasteiger partial charge in [0.1, 0.15) is 5.82 Å². The second-order valence-electron chi connectivity index (χ2n) is 6.04. The number of carbonyl (C=O) groups excluding carboxylic acids is 1. The highest BCUT2D eigenvalue weighted by molar-refractivity contribution is 7.20. The lowest BCUT2D eigenvalue weighted by Gasteiger charge is -2.04. The van der Waals surface area contributed by atoms with Gasteiger partial charge in [-0.05, 0) is 56.2 Å². The van der Waals surface area contributed by atoms with Crippen LogP contribution in [0.1, 0.15) is 26.5 Å². The summed E-state index contributed by atoms with van der Waals surface area (Å²) in [5.41, 5.74) is 4.17. The molecule has 4 rings (SSSR count). The summed E-state index contributed by atoms with van der Waals surface area (Å²) in [6.45, 7) is 6.05. The smallest absolute Gasteiger partial charge is 0.266 e. The molecule has 0 fully saturated rings. The fourth-order valence-electron chi connectivity index (χ4n) is 2.61. The van der Waals surface area contributed by atoms with Crippen LogP contribution in [0.15, 0.2) is 30.3 Å². The first-order valence-corrected chi connectivity index (χ1v) is 9.93. The van der Waals surface area contributed by atoms with E-state index in [1.807, 2.05) is 13.0 Å². The molecule has 0 saturated carbocycles. The van der Waals surface area contributed by atoms with Gasteiger partial charge in [0.2, 0.25) is 5.13 Å². The number of rotatable bonds is 3. The molecule has 0 bridgehead atoms. The van der Waals surface area contributed by atoms with Gasteiger partial charge < -0.3 is 5.32 Å². The van der Waals surface area contributed by atoms with Crippen LogP contribution in [0.3, 0.4) is 0 Å². The number of fused-ring (bicyclic) bond motifs is 1. The Kier molecular flexibility index (Phi) is 4.30. The van der Waals surface area contributed by atoms with Crippen LogP contribution in [0.2, 0.25) is 4.34 Å². The first kappa shape index (κ1) is 17.2. The molecule has 5 nitrogen and oxygen atoms in total. The first-order chi connectivity index (χ1) is 12.4. The van der Waals surface area contributed by atoms with E-state index in [2.05, 4.69) is 36.4 Å². The maximum Gasteiger partial charge on any atom is 0.266 e. The van der Waals surface area contributed by atoms with E-state index in [4.69, 9.17) is 16.6 Å². The van der Waals surface area contributed by atoms with Gasteiger partial charge in [-0.15, -0.1) is 11.3 Å². The van der Waals surface area contributed by atoms with E-state index in [9.17, 15) is 4.79 Å². The van der Waals surface area contributed by atoms with Gasteiger partial charge in [0.05, 0.1) is 25.1 Å². The van der Waals surface area contributed by atoms with Crippen LogP contribution in [-0.2, 0) is 0 Å². The number of nitrogens with one attached hydrogen (secondary N) is 1. The number of carbonyl (C=O) groups is 1. The number of benzene rings is 1. The quantitative estimate of drug-likeness (QED) is 0.500. The molecule has 1 amide bonds. The van der Waals surface area contributed by atoms with Gasteiger partial charge in [-0.25, -0.2) is 4.98 Å². The van der Waals surface area contributed by atoms with Crippen molar-refractivity contribution >= 4 is 56.2 Å².